The molecule has 0 amide bonds. The van der Waals surface area contributed by atoms with E-state index in [4.69, 9.17) is 11.0 Å². The molecule has 2 aromatic carbocycles. The van der Waals surface area contributed by atoms with Gasteiger partial charge in [-0.2, -0.15) is 0 Å². The van der Waals surface area contributed by atoms with Crippen molar-refractivity contribution in [1.82, 2.24) is 9.97 Å². The lowest BCUT2D eigenvalue weighted by Crippen LogP contribution is -2.32. The molecule has 0 fully saturated rings. The molecule has 0 aliphatic carbocycles. The molecule has 3 aromatic rings. The third-order valence-corrected chi connectivity index (χ3v) is 3.91. The lowest BCUT2D eigenvalue weighted by Gasteiger charge is -2.28. The van der Waals surface area contributed by atoms with Crippen molar-refractivity contribution in [1.29, 1.82) is 0 Å². The van der Waals surface area contributed by atoms with Crippen molar-refractivity contribution in [2.45, 2.75) is 32.6 Å². The third-order valence-electron chi connectivity index (χ3n) is 3.91. The van der Waals surface area contributed by atoms with E-state index in [1.54, 1.807) is 13.8 Å². The molecule has 0 spiro atoms. The molecule has 0 aliphatic heterocycles. The summed E-state index contributed by atoms with van der Waals surface area (Å²) >= 11 is 0. The number of anilines is 1. The van der Waals surface area contributed by atoms with Gasteiger partial charge in [-0.15, -0.1) is 0 Å². The Balaban J connectivity index is 2.23. The molecule has 4 nitrogen and oxygen atoms in total. The van der Waals surface area contributed by atoms with Crippen LogP contribution in [0.2, 0.25) is 0 Å². The first-order valence-corrected chi connectivity index (χ1v) is 8.62. The molecule has 3 rings (SSSR count). The molecule has 0 saturated carbocycles. The maximum absolute atomic E-state index is 9.70. The zero-order chi connectivity index (χ0) is 26.2. The SMILES string of the molecule is [2H]C([2H])(O)C([2H])([2H])C([2H])([2H])C([2H])([2H])N(c1cnc(-c2ccccc2)c(-c2ccccc2)n1)C(C)C. The largest absolute Gasteiger partial charge is 0.396 e. The molecule has 0 radical (unpaired) electrons. The Morgan fingerprint density at radius 1 is 0.926 bits per heavy atom. The van der Waals surface area contributed by atoms with Gasteiger partial charge in [0.15, 0.2) is 0 Å². The summed E-state index contributed by atoms with van der Waals surface area (Å²) in [4.78, 5) is 10.1. The fraction of sp³-hybridized carbons (Fsp3) is 0.304. The Bertz CT molecular complexity index is 1150. The van der Waals surface area contributed by atoms with Crippen LogP contribution in [0.15, 0.2) is 66.9 Å². The minimum Gasteiger partial charge on any atom is -0.396 e. The van der Waals surface area contributed by atoms with E-state index in [1.165, 1.54) is 6.20 Å². The predicted octanol–water partition coefficient (Wildman–Crippen LogP) is 4.80. The van der Waals surface area contributed by atoms with E-state index in [-0.39, 0.29) is 5.82 Å². The first-order chi connectivity index (χ1) is 16.1. The van der Waals surface area contributed by atoms with Crippen molar-refractivity contribution in [3.05, 3.63) is 66.9 Å². The maximum atomic E-state index is 9.70. The minimum absolute atomic E-state index is 0.0679. The van der Waals surface area contributed by atoms with E-state index in [0.717, 1.165) is 10.5 Å². The Labute approximate surface area is 172 Å². The number of hydrogen-bond acceptors (Lipinski definition) is 4. The van der Waals surface area contributed by atoms with E-state index in [1.807, 2.05) is 60.7 Å². The molecule has 27 heavy (non-hydrogen) atoms. The molecule has 1 N–H and O–H groups in total. The lowest BCUT2D eigenvalue weighted by atomic mass is 10.0. The molecule has 1 aromatic heterocycles. The summed E-state index contributed by atoms with van der Waals surface area (Å²) in [5.74, 6) is -0.0679. The second-order valence-electron chi connectivity index (χ2n) is 6.09. The van der Waals surface area contributed by atoms with Crippen molar-refractivity contribution in [2.24, 2.45) is 0 Å². The highest BCUT2D eigenvalue weighted by atomic mass is 16.2. The predicted molar refractivity (Wildman–Crippen MR) is 112 cm³/mol. The van der Waals surface area contributed by atoms with Crippen LogP contribution in [-0.2, 0) is 0 Å². The quantitative estimate of drug-likeness (QED) is 0.620. The van der Waals surface area contributed by atoms with Gasteiger partial charge in [0.25, 0.3) is 0 Å². The van der Waals surface area contributed by atoms with Gasteiger partial charge in [-0.3, -0.25) is 4.98 Å². The highest BCUT2D eigenvalue weighted by molar-refractivity contribution is 5.78. The molecule has 4 heteroatoms. The van der Waals surface area contributed by atoms with E-state index in [2.05, 4.69) is 9.97 Å². The highest BCUT2D eigenvalue weighted by Gasteiger charge is 2.17. The summed E-state index contributed by atoms with van der Waals surface area (Å²) in [7, 11) is 0. The Morgan fingerprint density at radius 2 is 1.52 bits per heavy atom. The number of benzene rings is 2. The number of rotatable bonds is 8. The standard InChI is InChI=1S/C23H27N3O/c1-18(2)26(15-9-10-16-27)21-17-24-22(19-11-5-3-6-12-19)23(25-21)20-13-7-4-8-14-20/h3-8,11-14,17-18,27H,9-10,15-16H2,1-2H3/i9D2,10D2,15D2,16D2. The fourth-order valence-corrected chi connectivity index (χ4v) is 2.67. The normalized spacial score (nSPS) is 17.5. The summed E-state index contributed by atoms with van der Waals surface area (Å²) in [6.07, 6.45) is -5.82. The first kappa shape index (κ1) is 11.2. The van der Waals surface area contributed by atoms with Gasteiger partial charge in [-0.25, -0.2) is 4.98 Å². The van der Waals surface area contributed by atoms with Crippen LogP contribution in [0.1, 0.15) is 37.6 Å². The molecular formula is C23H27N3O. The smallest absolute Gasteiger partial charge is 0.148 e. The van der Waals surface area contributed by atoms with Crippen molar-refractivity contribution in [2.75, 3.05) is 18.0 Å². The van der Waals surface area contributed by atoms with E-state index < -0.39 is 31.8 Å². The van der Waals surface area contributed by atoms with E-state index in [0.29, 0.717) is 17.0 Å². The summed E-state index contributed by atoms with van der Waals surface area (Å²) in [5.41, 5.74) is 2.39. The van der Waals surface area contributed by atoms with Crippen molar-refractivity contribution in [3.63, 3.8) is 0 Å². The average Bonchev–Trinajstić information content (AvgIpc) is 2.79. The minimum atomic E-state index is -3.65. The van der Waals surface area contributed by atoms with Crippen LogP contribution in [0.5, 0.6) is 0 Å². The van der Waals surface area contributed by atoms with Crippen molar-refractivity contribution < 1.29 is 16.1 Å². The number of aromatic nitrogens is 2. The van der Waals surface area contributed by atoms with Gasteiger partial charge in [0.1, 0.15) is 5.82 Å². The fourth-order valence-electron chi connectivity index (χ4n) is 2.67. The molecule has 0 bridgehead atoms. The van der Waals surface area contributed by atoms with Crippen LogP contribution in [0.4, 0.5) is 5.82 Å². The first-order valence-electron chi connectivity index (χ1n) is 12.6. The van der Waals surface area contributed by atoms with Crippen LogP contribution >= 0.6 is 0 Å². The molecule has 0 aliphatic rings. The Kier molecular flexibility index (Phi) is 3.85. The highest BCUT2D eigenvalue weighted by Crippen LogP contribution is 2.30. The second kappa shape index (κ2) is 9.28. The van der Waals surface area contributed by atoms with Gasteiger partial charge in [0.2, 0.25) is 0 Å². The van der Waals surface area contributed by atoms with Crippen LogP contribution in [0.25, 0.3) is 22.5 Å². The number of aliphatic hydroxyl groups is 1. The van der Waals surface area contributed by atoms with Crippen LogP contribution in [0, 0.1) is 0 Å². The van der Waals surface area contributed by atoms with Gasteiger partial charge in [-0.1, -0.05) is 60.7 Å². The molecule has 0 saturated heterocycles. The van der Waals surface area contributed by atoms with E-state index >= 15 is 0 Å². The molecule has 1 heterocycles. The van der Waals surface area contributed by atoms with Crippen LogP contribution in [-0.4, -0.2) is 34.2 Å². The van der Waals surface area contributed by atoms with Gasteiger partial charge in [-0.05, 0) is 26.6 Å². The van der Waals surface area contributed by atoms with Crippen molar-refractivity contribution in [3.8, 4) is 22.5 Å². The summed E-state index contributed by atoms with van der Waals surface area (Å²) in [6.45, 7) is -3.64. The van der Waals surface area contributed by atoms with Gasteiger partial charge < -0.3 is 10.0 Å². The van der Waals surface area contributed by atoms with Crippen LogP contribution in [0.3, 0.4) is 0 Å². The van der Waals surface area contributed by atoms with E-state index in [9.17, 15) is 5.11 Å². The Hall–Kier alpha value is -2.72. The maximum Gasteiger partial charge on any atom is 0.148 e. The molecular weight excluding hydrogens is 334 g/mol. The van der Waals surface area contributed by atoms with Gasteiger partial charge in [0, 0.05) is 38.4 Å². The summed E-state index contributed by atoms with van der Waals surface area (Å²) in [6, 6.07) is 17.6. The zero-order valence-corrected chi connectivity index (χ0v) is 15.2. The zero-order valence-electron chi connectivity index (χ0n) is 23.2. The van der Waals surface area contributed by atoms with Crippen LogP contribution < -0.4 is 4.90 Å². The number of hydrogen-bond donors (Lipinski definition) is 1. The second-order valence-corrected chi connectivity index (χ2v) is 6.09. The lowest BCUT2D eigenvalue weighted by molar-refractivity contribution is 0.284. The topological polar surface area (TPSA) is 49.2 Å². The Morgan fingerprint density at radius 3 is 2.07 bits per heavy atom. The van der Waals surface area contributed by atoms with Gasteiger partial charge in [0.05, 0.1) is 20.3 Å². The molecule has 0 atom stereocenters. The monoisotopic (exact) mass is 369 g/mol. The van der Waals surface area contributed by atoms with Crippen molar-refractivity contribution >= 4 is 5.82 Å². The summed E-state index contributed by atoms with van der Waals surface area (Å²) < 4.78 is 64.4. The molecule has 0 unspecified atom stereocenters. The molecule has 140 valence electrons. The third kappa shape index (κ3) is 4.72. The van der Waals surface area contributed by atoms with Gasteiger partial charge >= 0.3 is 0 Å². The number of nitrogens with zero attached hydrogens (tertiary/aromatic N) is 3. The average molecular weight is 370 g/mol. The summed E-state index contributed by atoms with van der Waals surface area (Å²) in [5, 5.41) is 9.70.